The van der Waals surface area contributed by atoms with Crippen LogP contribution >= 0.6 is 0 Å². The van der Waals surface area contributed by atoms with Crippen molar-refractivity contribution in [3.8, 4) is 0 Å². The standard InChI is InChI=1S/C11H25N3O.C5H10O2/c1-8(2)12-10(15)9(3)11(13(4)5)14(6)7;1-3-4(2)5(6)7/h8-9,11H,1-7H3,(H,12,15);4H,3H2,1-2H3,(H,6,7). The molecule has 0 aliphatic rings. The van der Waals surface area contributed by atoms with Crippen molar-refractivity contribution in [1.82, 2.24) is 15.1 Å². The molecule has 0 aromatic rings. The predicted octanol–water partition coefficient (Wildman–Crippen LogP) is 1.71. The lowest BCUT2D eigenvalue weighted by molar-refractivity contribution is -0.141. The molecule has 2 atom stereocenters. The van der Waals surface area contributed by atoms with E-state index in [1.165, 1.54) is 0 Å². The molecule has 0 aromatic heterocycles. The molecular weight excluding hydrogens is 282 g/mol. The largest absolute Gasteiger partial charge is 0.481 e. The van der Waals surface area contributed by atoms with Crippen LogP contribution in [0, 0.1) is 11.8 Å². The molecule has 0 aliphatic heterocycles. The van der Waals surface area contributed by atoms with Crippen LogP contribution in [0.2, 0.25) is 0 Å². The smallest absolute Gasteiger partial charge is 0.306 e. The molecule has 0 bridgehead atoms. The summed E-state index contributed by atoms with van der Waals surface area (Å²) >= 11 is 0. The number of carboxylic acids is 1. The molecular formula is C16H35N3O3. The Morgan fingerprint density at radius 1 is 1.00 bits per heavy atom. The second kappa shape index (κ2) is 11.4. The first kappa shape index (κ1) is 23.1. The Hall–Kier alpha value is -1.14. The summed E-state index contributed by atoms with van der Waals surface area (Å²) in [5.41, 5.74) is 0. The van der Waals surface area contributed by atoms with Crippen LogP contribution in [0.5, 0.6) is 0 Å². The van der Waals surface area contributed by atoms with Crippen LogP contribution in [0.1, 0.15) is 41.0 Å². The van der Waals surface area contributed by atoms with E-state index in [-0.39, 0.29) is 30.0 Å². The van der Waals surface area contributed by atoms with E-state index in [1.807, 2.05) is 55.9 Å². The summed E-state index contributed by atoms with van der Waals surface area (Å²) < 4.78 is 0. The molecule has 22 heavy (non-hydrogen) atoms. The van der Waals surface area contributed by atoms with Gasteiger partial charge in [0.25, 0.3) is 0 Å². The maximum Gasteiger partial charge on any atom is 0.306 e. The maximum absolute atomic E-state index is 11.8. The molecule has 1 amide bonds. The minimum Gasteiger partial charge on any atom is -0.481 e. The fourth-order valence-corrected chi connectivity index (χ4v) is 2.08. The highest BCUT2D eigenvalue weighted by Gasteiger charge is 2.27. The molecule has 0 saturated heterocycles. The fourth-order valence-electron chi connectivity index (χ4n) is 2.08. The van der Waals surface area contributed by atoms with E-state index in [0.29, 0.717) is 0 Å². The van der Waals surface area contributed by atoms with Gasteiger partial charge >= 0.3 is 5.97 Å². The van der Waals surface area contributed by atoms with Crippen LogP contribution in [0.4, 0.5) is 0 Å². The number of carboxylic acid groups (broad SMARTS) is 1. The molecule has 132 valence electrons. The van der Waals surface area contributed by atoms with Crippen LogP contribution in [-0.2, 0) is 9.59 Å². The SMILES string of the molecule is CC(C)NC(=O)C(C)C(N(C)C)N(C)C.CCC(C)C(=O)O. The zero-order valence-electron chi connectivity index (χ0n) is 15.7. The Balaban J connectivity index is 0. The number of hydrogen-bond acceptors (Lipinski definition) is 4. The Labute approximate surface area is 135 Å². The van der Waals surface area contributed by atoms with Crippen molar-refractivity contribution in [2.75, 3.05) is 28.2 Å². The van der Waals surface area contributed by atoms with Crippen molar-refractivity contribution >= 4 is 11.9 Å². The van der Waals surface area contributed by atoms with Gasteiger partial charge in [0, 0.05) is 6.04 Å². The number of nitrogens with zero attached hydrogens (tertiary/aromatic N) is 2. The summed E-state index contributed by atoms with van der Waals surface area (Å²) in [5.74, 6) is -0.822. The summed E-state index contributed by atoms with van der Waals surface area (Å²) in [5, 5.41) is 11.1. The van der Waals surface area contributed by atoms with E-state index in [0.717, 1.165) is 6.42 Å². The van der Waals surface area contributed by atoms with Crippen LogP contribution in [-0.4, -0.2) is 67.2 Å². The van der Waals surface area contributed by atoms with Gasteiger partial charge in [-0.1, -0.05) is 20.8 Å². The van der Waals surface area contributed by atoms with Crippen LogP contribution in [0.25, 0.3) is 0 Å². The van der Waals surface area contributed by atoms with E-state index in [4.69, 9.17) is 5.11 Å². The van der Waals surface area contributed by atoms with Gasteiger partial charge in [0.2, 0.25) is 5.91 Å². The lowest BCUT2D eigenvalue weighted by Crippen LogP contribution is -2.51. The Bertz CT molecular complexity index is 323. The van der Waals surface area contributed by atoms with Crippen molar-refractivity contribution in [3.63, 3.8) is 0 Å². The van der Waals surface area contributed by atoms with Gasteiger partial charge < -0.3 is 10.4 Å². The molecule has 0 rings (SSSR count). The summed E-state index contributed by atoms with van der Waals surface area (Å²) in [6.07, 6.45) is 0.846. The topological polar surface area (TPSA) is 72.9 Å². The lowest BCUT2D eigenvalue weighted by Gasteiger charge is -2.34. The number of rotatable bonds is 7. The lowest BCUT2D eigenvalue weighted by atomic mass is 10.1. The normalized spacial score (nSPS) is 13.9. The molecule has 6 heteroatoms. The molecule has 0 saturated carbocycles. The minimum atomic E-state index is -0.706. The molecule has 2 unspecified atom stereocenters. The summed E-state index contributed by atoms with van der Waals surface area (Å²) in [6.45, 7) is 9.47. The fraction of sp³-hybridized carbons (Fsp3) is 0.875. The third kappa shape index (κ3) is 9.73. The van der Waals surface area contributed by atoms with Crippen molar-refractivity contribution in [2.45, 2.75) is 53.2 Å². The first-order valence-corrected chi connectivity index (χ1v) is 7.81. The van der Waals surface area contributed by atoms with Crippen LogP contribution < -0.4 is 5.32 Å². The molecule has 0 aliphatic carbocycles. The third-order valence-electron chi connectivity index (χ3n) is 3.38. The highest BCUT2D eigenvalue weighted by atomic mass is 16.4. The molecule has 0 radical (unpaired) electrons. The van der Waals surface area contributed by atoms with E-state index in [1.54, 1.807) is 6.92 Å². The van der Waals surface area contributed by atoms with Gasteiger partial charge in [-0.2, -0.15) is 0 Å². The highest BCUT2D eigenvalue weighted by Crippen LogP contribution is 2.11. The van der Waals surface area contributed by atoms with Crippen molar-refractivity contribution in [2.24, 2.45) is 11.8 Å². The van der Waals surface area contributed by atoms with Gasteiger partial charge in [-0.3, -0.25) is 19.4 Å². The maximum atomic E-state index is 11.8. The van der Waals surface area contributed by atoms with Gasteiger partial charge in [0.05, 0.1) is 18.0 Å². The third-order valence-corrected chi connectivity index (χ3v) is 3.38. The monoisotopic (exact) mass is 317 g/mol. The van der Waals surface area contributed by atoms with E-state index in [2.05, 4.69) is 15.1 Å². The molecule has 0 heterocycles. The minimum absolute atomic E-state index is 0.0441. The zero-order chi connectivity index (χ0) is 18.0. The Kier molecular flexibility index (Phi) is 12.0. The van der Waals surface area contributed by atoms with Gasteiger partial charge in [-0.15, -0.1) is 0 Å². The molecule has 0 fully saturated rings. The first-order chi connectivity index (χ1) is 9.95. The quantitative estimate of drug-likeness (QED) is 0.699. The number of nitrogens with one attached hydrogen (secondary N) is 1. The number of aliphatic carboxylic acids is 1. The molecule has 6 nitrogen and oxygen atoms in total. The second-order valence-electron chi connectivity index (χ2n) is 6.44. The number of carbonyl (C=O) groups excluding carboxylic acids is 1. The predicted molar refractivity (Wildman–Crippen MR) is 90.7 cm³/mol. The van der Waals surface area contributed by atoms with Gasteiger partial charge in [-0.05, 0) is 48.5 Å². The average molecular weight is 317 g/mol. The van der Waals surface area contributed by atoms with Gasteiger partial charge in [-0.25, -0.2) is 0 Å². The van der Waals surface area contributed by atoms with Gasteiger partial charge in [0.1, 0.15) is 0 Å². The number of amides is 1. The van der Waals surface area contributed by atoms with Gasteiger partial charge in [0.15, 0.2) is 0 Å². The number of hydrogen-bond donors (Lipinski definition) is 2. The second-order valence-corrected chi connectivity index (χ2v) is 6.44. The zero-order valence-corrected chi connectivity index (χ0v) is 15.7. The van der Waals surface area contributed by atoms with Crippen molar-refractivity contribution < 1.29 is 14.7 Å². The highest BCUT2D eigenvalue weighted by molar-refractivity contribution is 5.79. The summed E-state index contributed by atoms with van der Waals surface area (Å²) in [7, 11) is 7.96. The summed E-state index contributed by atoms with van der Waals surface area (Å²) in [4.78, 5) is 25.9. The first-order valence-electron chi connectivity index (χ1n) is 7.81. The van der Waals surface area contributed by atoms with Crippen LogP contribution in [0.3, 0.4) is 0 Å². The number of carbonyl (C=O) groups is 2. The Morgan fingerprint density at radius 2 is 1.41 bits per heavy atom. The van der Waals surface area contributed by atoms with Crippen molar-refractivity contribution in [1.29, 1.82) is 0 Å². The van der Waals surface area contributed by atoms with Crippen LogP contribution in [0.15, 0.2) is 0 Å². The molecule has 2 N–H and O–H groups in total. The Morgan fingerprint density at radius 3 is 1.59 bits per heavy atom. The van der Waals surface area contributed by atoms with E-state index in [9.17, 15) is 9.59 Å². The van der Waals surface area contributed by atoms with Crippen molar-refractivity contribution in [3.05, 3.63) is 0 Å². The van der Waals surface area contributed by atoms with E-state index < -0.39 is 5.97 Å². The summed E-state index contributed by atoms with van der Waals surface area (Å²) in [6, 6.07) is 0.199. The average Bonchev–Trinajstić information content (AvgIpc) is 2.36. The molecule has 0 aromatic carbocycles. The molecule has 0 spiro atoms. The van der Waals surface area contributed by atoms with E-state index >= 15 is 0 Å².